The van der Waals surface area contributed by atoms with Crippen LogP contribution in [0.1, 0.15) is 13.8 Å². The molecule has 0 saturated heterocycles. The number of likely N-dealkylation sites (N-methyl/N-ethyl adjacent to an activating group) is 1. The molecule has 0 amide bonds. The molecule has 0 saturated carbocycles. The van der Waals surface area contributed by atoms with Gasteiger partial charge in [0.1, 0.15) is 6.17 Å². The summed E-state index contributed by atoms with van der Waals surface area (Å²) in [5.74, 6) is 0. The van der Waals surface area contributed by atoms with Crippen LogP contribution < -0.4 is 5.32 Å². The van der Waals surface area contributed by atoms with Crippen LogP contribution in [0.4, 0.5) is 0 Å². The van der Waals surface area contributed by atoms with Gasteiger partial charge in [-0.15, -0.1) is 5.73 Å². The molecule has 0 aliphatic carbocycles. The van der Waals surface area contributed by atoms with Gasteiger partial charge in [0.05, 0.1) is 0 Å². The van der Waals surface area contributed by atoms with E-state index in [1.165, 1.54) is 0 Å². The second-order valence-electron chi connectivity index (χ2n) is 2.18. The molecule has 66 valence electrons. The summed E-state index contributed by atoms with van der Waals surface area (Å²) in [6.07, 6.45) is 9.40. The van der Waals surface area contributed by atoms with Crippen molar-refractivity contribution in [1.82, 2.24) is 5.32 Å². The fourth-order valence-corrected chi connectivity index (χ4v) is 0.678. The molecule has 1 atom stereocenters. The largest absolute Gasteiger partial charge is 0.296 e. The summed E-state index contributed by atoms with van der Waals surface area (Å²) in [5.41, 5.74) is 2.92. The van der Waals surface area contributed by atoms with E-state index in [0.29, 0.717) is 0 Å². The molecular weight excluding hydrogens is 148 g/mol. The summed E-state index contributed by atoms with van der Waals surface area (Å²) in [4.78, 5) is 4.21. The highest BCUT2D eigenvalue weighted by Gasteiger charge is 1.91. The lowest BCUT2D eigenvalue weighted by molar-refractivity contribution is 0.703. The number of hydrogen-bond acceptors (Lipinski definition) is 2. The first-order valence-corrected chi connectivity index (χ1v) is 4.04. The summed E-state index contributed by atoms with van der Waals surface area (Å²) in [6, 6.07) is 0. The predicted molar refractivity (Wildman–Crippen MR) is 54.5 cm³/mol. The van der Waals surface area contributed by atoms with E-state index in [0.717, 1.165) is 0 Å². The Morgan fingerprint density at radius 2 is 2.17 bits per heavy atom. The number of hydrogen-bond donors (Lipinski definition) is 1. The maximum atomic E-state index is 4.21. The molecule has 2 nitrogen and oxygen atoms in total. The molecule has 0 aliphatic heterocycles. The van der Waals surface area contributed by atoms with E-state index in [1.54, 1.807) is 12.3 Å². The van der Waals surface area contributed by atoms with Crippen LogP contribution in [0, 0.1) is 0 Å². The molecule has 0 aliphatic rings. The van der Waals surface area contributed by atoms with E-state index < -0.39 is 0 Å². The molecule has 2 heteroatoms. The van der Waals surface area contributed by atoms with Crippen LogP contribution in [0.2, 0.25) is 0 Å². The molecule has 0 aromatic carbocycles. The van der Waals surface area contributed by atoms with Gasteiger partial charge in [-0.05, 0) is 33.0 Å². The van der Waals surface area contributed by atoms with E-state index in [4.69, 9.17) is 0 Å². The van der Waals surface area contributed by atoms with Gasteiger partial charge in [0.15, 0.2) is 0 Å². The maximum absolute atomic E-state index is 4.21. The van der Waals surface area contributed by atoms with E-state index in [-0.39, 0.29) is 6.17 Å². The van der Waals surface area contributed by atoms with E-state index in [9.17, 15) is 0 Å². The Morgan fingerprint density at radius 3 is 2.67 bits per heavy atom. The first kappa shape index (κ1) is 10.9. The van der Waals surface area contributed by atoms with Crippen molar-refractivity contribution in [3.8, 4) is 0 Å². The monoisotopic (exact) mass is 164 g/mol. The standard InChI is InChI=1S/C10H16N2/c1-4-6-7-9-12-10(11-3)8-5-2/h4-5,7-11H,1-3H3/b8-5?,12-9+. The zero-order valence-corrected chi connectivity index (χ0v) is 7.91. The Hall–Kier alpha value is -1.11. The lowest BCUT2D eigenvalue weighted by Crippen LogP contribution is -2.19. The van der Waals surface area contributed by atoms with Gasteiger partial charge in [0, 0.05) is 6.21 Å². The molecule has 0 heterocycles. The second-order valence-corrected chi connectivity index (χ2v) is 2.18. The SMILES string of the molecule is CC=C=C/C=N/C(C=CC)NC. The van der Waals surface area contributed by atoms with Crippen molar-refractivity contribution >= 4 is 6.21 Å². The molecule has 0 aromatic rings. The van der Waals surface area contributed by atoms with Crippen molar-refractivity contribution in [1.29, 1.82) is 0 Å². The number of aliphatic imine (C=N–C) groups is 1. The molecule has 1 unspecified atom stereocenters. The highest BCUT2D eigenvalue weighted by molar-refractivity contribution is 5.70. The van der Waals surface area contributed by atoms with Gasteiger partial charge < -0.3 is 0 Å². The Labute approximate surface area is 74.4 Å². The van der Waals surface area contributed by atoms with Crippen molar-refractivity contribution in [2.24, 2.45) is 4.99 Å². The van der Waals surface area contributed by atoms with Gasteiger partial charge in [-0.3, -0.25) is 10.3 Å². The minimum absolute atomic E-state index is 0.0740. The van der Waals surface area contributed by atoms with E-state index in [1.807, 2.05) is 39.1 Å². The van der Waals surface area contributed by atoms with Gasteiger partial charge >= 0.3 is 0 Å². The topological polar surface area (TPSA) is 24.4 Å². The van der Waals surface area contributed by atoms with Gasteiger partial charge in [-0.2, -0.15) is 0 Å². The van der Waals surface area contributed by atoms with E-state index >= 15 is 0 Å². The van der Waals surface area contributed by atoms with Crippen LogP contribution in [0.5, 0.6) is 0 Å². The molecule has 1 N–H and O–H groups in total. The third-order valence-electron chi connectivity index (χ3n) is 1.25. The highest BCUT2D eigenvalue weighted by atomic mass is 15.0. The van der Waals surface area contributed by atoms with Crippen molar-refractivity contribution in [3.05, 3.63) is 30.0 Å². The van der Waals surface area contributed by atoms with Crippen molar-refractivity contribution in [2.75, 3.05) is 7.05 Å². The first-order valence-electron chi connectivity index (χ1n) is 4.04. The smallest absolute Gasteiger partial charge is 0.118 e. The molecule has 0 rings (SSSR count). The Bertz CT molecular complexity index is 208. The quantitative estimate of drug-likeness (QED) is 0.383. The molecule has 0 aromatic heterocycles. The average Bonchev–Trinajstić information content (AvgIpc) is 2.10. The molecule has 12 heavy (non-hydrogen) atoms. The Morgan fingerprint density at radius 1 is 1.42 bits per heavy atom. The second kappa shape index (κ2) is 7.99. The van der Waals surface area contributed by atoms with Crippen molar-refractivity contribution in [3.63, 3.8) is 0 Å². The zero-order chi connectivity index (χ0) is 9.23. The number of rotatable bonds is 4. The average molecular weight is 164 g/mol. The summed E-state index contributed by atoms with van der Waals surface area (Å²) in [6.45, 7) is 3.90. The zero-order valence-electron chi connectivity index (χ0n) is 7.91. The molecule has 0 bridgehead atoms. The Kier molecular flexibility index (Phi) is 7.25. The lowest BCUT2D eigenvalue weighted by atomic mass is 10.4. The van der Waals surface area contributed by atoms with Gasteiger partial charge in [-0.25, -0.2) is 0 Å². The van der Waals surface area contributed by atoms with Crippen LogP contribution in [0.3, 0.4) is 0 Å². The summed E-state index contributed by atoms with van der Waals surface area (Å²) >= 11 is 0. The molecular formula is C10H16N2. The van der Waals surface area contributed by atoms with Crippen LogP contribution >= 0.6 is 0 Å². The normalized spacial score (nSPS) is 13.2. The molecule has 0 spiro atoms. The number of nitrogens with one attached hydrogen (secondary N) is 1. The van der Waals surface area contributed by atoms with Crippen LogP contribution in [-0.4, -0.2) is 19.4 Å². The van der Waals surface area contributed by atoms with Crippen molar-refractivity contribution in [2.45, 2.75) is 20.0 Å². The minimum atomic E-state index is 0.0740. The lowest BCUT2D eigenvalue weighted by Gasteiger charge is -2.02. The van der Waals surface area contributed by atoms with Crippen LogP contribution in [0.15, 0.2) is 35.0 Å². The predicted octanol–water partition coefficient (Wildman–Crippen LogP) is 1.91. The van der Waals surface area contributed by atoms with Crippen LogP contribution in [-0.2, 0) is 0 Å². The molecule has 0 fully saturated rings. The first-order chi connectivity index (χ1) is 5.85. The third-order valence-corrected chi connectivity index (χ3v) is 1.25. The summed E-state index contributed by atoms with van der Waals surface area (Å²) in [7, 11) is 1.88. The third kappa shape index (κ3) is 5.66. The van der Waals surface area contributed by atoms with Gasteiger partial charge in [0.25, 0.3) is 0 Å². The van der Waals surface area contributed by atoms with E-state index in [2.05, 4.69) is 16.0 Å². The highest BCUT2D eigenvalue weighted by Crippen LogP contribution is 1.86. The van der Waals surface area contributed by atoms with Gasteiger partial charge in [-0.1, -0.05) is 12.2 Å². The number of nitrogens with zero attached hydrogens (tertiary/aromatic N) is 1. The van der Waals surface area contributed by atoms with Gasteiger partial charge in [0.2, 0.25) is 0 Å². The van der Waals surface area contributed by atoms with Crippen molar-refractivity contribution < 1.29 is 0 Å². The Balaban J connectivity index is 4.01. The fourth-order valence-electron chi connectivity index (χ4n) is 0.678. The summed E-state index contributed by atoms with van der Waals surface area (Å²) < 4.78 is 0. The summed E-state index contributed by atoms with van der Waals surface area (Å²) in [5, 5.41) is 3.04. The molecule has 0 radical (unpaired) electrons. The number of allylic oxidation sites excluding steroid dienone is 2. The minimum Gasteiger partial charge on any atom is -0.296 e. The maximum Gasteiger partial charge on any atom is 0.118 e. The fraction of sp³-hybridized carbons (Fsp3) is 0.400. The van der Waals surface area contributed by atoms with Crippen LogP contribution in [0.25, 0.3) is 0 Å².